The summed E-state index contributed by atoms with van der Waals surface area (Å²) in [6, 6.07) is 5.73. The minimum atomic E-state index is -0.149. The van der Waals surface area contributed by atoms with Gasteiger partial charge in [-0.1, -0.05) is 0 Å². The van der Waals surface area contributed by atoms with Gasteiger partial charge in [-0.3, -0.25) is 4.79 Å². The van der Waals surface area contributed by atoms with Crippen molar-refractivity contribution in [1.29, 1.82) is 0 Å². The molecule has 1 aromatic carbocycles. The molecule has 1 aromatic heterocycles. The van der Waals surface area contributed by atoms with Crippen molar-refractivity contribution in [2.45, 2.75) is 38.6 Å². The number of benzene rings is 1. The number of hydrogen-bond donors (Lipinski definition) is 1. The lowest BCUT2D eigenvalue weighted by atomic mass is 9.96. The average Bonchev–Trinajstić information content (AvgIpc) is 2.91. The zero-order valence-corrected chi connectivity index (χ0v) is 13.7. The molecule has 1 aliphatic carbocycles. The van der Waals surface area contributed by atoms with Crippen LogP contribution < -0.4 is 10.1 Å². The molecular formula is C18H23NO4. The molecule has 0 bridgehead atoms. The second-order valence-electron chi connectivity index (χ2n) is 6.08. The van der Waals surface area contributed by atoms with Crippen molar-refractivity contribution < 1.29 is 18.7 Å². The standard InChI is InChI=1S/C18H23NO4/c1-12(10-21-2)19-18(20)11-22-13-7-8-17-15(9-13)14-5-3-4-6-16(14)23-17/h7-9,12H,3-6,10-11H2,1-2H3,(H,19,20)/t12-/m0/s1. The second kappa shape index (κ2) is 7.04. The Kier molecular flexibility index (Phi) is 4.86. The average molecular weight is 317 g/mol. The number of carbonyl (C=O) groups is 1. The van der Waals surface area contributed by atoms with Gasteiger partial charge >= 0.3 is 0 Å². The summed E-state index contributed by atoms with van der Waals surface area (Å²) in [7, 11) is 1.61. The number of amides is 1. The van der Waals surface area contributed by atoms with E-state index in [-0.39, 0.29) is 18.6 Å². The highest BCUT2D eigenvalue weighted by Crippen LogP contribution is 2.33. The van der Waals surface area contributed by atoms with Gasteiger partial charge in [0.2, 0.25) is 0 Å². The molecule has 23 heavy (non-hydrogen) atoms. The van der Waals surface area contributed by atoms with Gasteiger partial charge in [0.1, 0.15) is 17.1 Å². The predicted octanol–water partition coefficient (Wildman–Crippen LogP) is 2.84. The third-order valence-electron chi connectivity index (χ3n) is 4.12. The van der Waals surface area contributed by atoms with Crippen LogP contribution in [0.5, 0.6) is 5.75 Å². The van der Waals surface area contributed by atoms with Crippen LogP contribution in [0.4, 0.5) is 0 Å². The molecule has 0 saturated heterocycles. The quantitative estimate of drug-likeness (QED) is 0.890. The number of methoxy groups -OCH3 is 1. The molecule has 1 aliphatic rings. The van der Waals surface area contributed by atoms with Crippen LogP contribution >= 0.6 is 0 Å². The van der Waals surface area contributed by atoms with Crippen LogP contribution in [0, 0.1) is 0 Å². The number of carbonyl (C=O) groups excluding carboxylic acids is 1. The molecule has 2 aromatic rings. The zero-order valence-electron chi connectivity index (χ0n) is 13.7. The lowest BCUT2D eigenvalue weighted by molar-refractivity contribution is -0.124. The predicted molar refractivity (Wildman–Crippen MR) is 87.8 cm³/mol. The first-order chi connectivity index (χ1) is 11.2. The van der Waals surface area contributed by atoms with E-state index in [2.05, 4.69) is 5.32 Å². The summed E-state index contributed by atoms with van der Waals surface area (Å²) in [4.78, 5) is 11.8. The highest BCUT2D eigenvalue weighted by Gasteiger charge is 2.18. The van der Waals surface area contributed by atoms with Crippen molar-refractivity contribution in [3.8, 4) is 5.75 Å². The minimum Gasteiger partial charge on any atom is -0.484 e. The topological polar surface area (TPSA) is 60.7 Å². The van der Waals surface area contributed by atoms with Crippen LogP contribution in [0.15, 0.2) is 22.6 Å². The summed E-state index contributed by atoms with van der Waals surface area (Å²) in [5, 5.41) is 3.94. The lowest BCUT2D eigenvalue weighted by Crippen LogP contribution is -2.38. The first-order valence-corrected chi connectivity index (χ1v) is 8.13. The maximum Gasteiger partial charge on any atom is 0.258 e. The van der Waals surface area contributed by atoms with E-state index in [1.807, 2.05) is 25.1 Å². The molecule has 0 fully saturated rings. The minimum absolute atomic E-state index is 0.000394. The van der Waals surface area contributed by atoms with E-state index in [9.17, 15) is 4.79 Å². The van der Waals surface area contributed by atoms with Gasteiger partial charge < -0.3 is 19.2 Å². The van der Waals surface area contributed by atoms with Crippen molar-refractivity contribution in [1.82, 2.24) is 5.32 Å². The number of aryl methyl sites for hydroxylation is 2. The van der Waals surface area contributed by atoms with Crippen molar-refractivity contribution in [2.24, 2.45) is 0 Å². The molecule has 5 nitrogen and oxygen atoms in total. The molecule has 0 saturated carbocycles. The smallest absolute Gasteiger partial charge is 0.258 e. The Morgan fingerprint density at radius 2 is 2.17 bits per heavy atom. The fourth-order valence-electron chi connectivity index (χ4n) is 3.09. The Morgan fingerprint density at radius 1 is 1.35 bits per heavy atom. The van der Waals surface area contributed by atoms with E-state index < -0.39 is 0 Å². The number of nitrogens with one attached hydrogen (secondary N) is 1. The van der Waals surface area contributed by atoms with Gasteiger partial charge in [0.25, 0.3) is 5.91 Å². The molecular weight excluding hydrogens is 294 g/mol. The van der Waals surface area contributed by atoms with Crippen LogP contribution in [0.3, 0.4) is 0 Å². The summed E-state index contributed by atoms with van der Waals surface area (Å²) in [5.74, 6) is 1.65. The third kappa shape index (κ3) is 3.67. The summed E-state index contributed by atoms with van der Waals surface area (Å²) in [6.45, 7) is 2.38. The Hall–Kier alpha value is -2.01. The van der Waals surface area contributed by atoms with Crippen LogP contribution in [-0.2, 0) is 22.4 Å². The Balaban J connectivity index is 1.65. The highest BCUT2D eigenvalue weighted by molar-refractivity contribution is 5.84. The van der Waals surface area contributed by atoms with E-state index in [1.165, 1.54) is 18.4 Å². The van der Waals surface area contributed by atoms with Crippen molar-refractivity contribution in [2.75, 3.05) is 20.3 Å². The number of fused-ring (bicyclic) bond motifs is 3. The zero-order chi connectivity index (χ0) is 16.2. The summed E-state index contributed by atoms with van der Waals surface area (Å²) in [5.41, 5.74) is 2.21. The fraction of sp³-hybridized carbons (Fsp3) is 0.500. The second-order valence-corrected chi connectivity index (χ2v) is 6.08. The van der Waals surface area contributed by atoms with Gasteiger partial charge in [0.15, 0.2) is 6.61 Å². The Bertz CT molecular complexity index is 692. The van der Waals surface area contributed by atoms with E-state index in [0.717, 1.165) is 29.6 Å². The van der Waals surface area contributed by atoms with Gasteiger partial charge in [0.05, 0.1) is 6.61 Å². The van der Waals surface area contributed by atoms with Crippen molar-refractivity contribution in [3.05, 3.63) is 29.5 Å². The molecule has 3 rings (SSSR count). The molecule has 1 atom stereocenters. The molecule has 0 unspecified atom stereocenters. The Morgan fingerprint density at radius 3 is 3.00 bits per heavy atom. The summed E-state index contributed by atoms with van der Waals surface area (Å²) < 4.78 is 16.5. The number of hydrogen-bond acceptors (Lipinski definition) is 4. The third-order valence-corrected chi connectivity index (χ3v) is 4.12. The van der Waals surface area contributed by atoms with E-state index in [1.54, 1.807) is 7.11 Å². The van der Waals surface area contributed by atoms with Crippen LogP contribution in [0.2, 0.25) is 0 Å². The molecule has 1 N–H and O–H groups in total. The Labute approximate surface area is 135 Å². The number of ether oxygens (including phenoxy) is 2. The van der Waals surface area contributed by atoms with Crippen LogP contribution in [0.1, 0.15) is 31.1 Å². The largest absolute Gasteiger partial charge is 0.484 e. The van der Waals surface area contributed by atoms with Gasteiger partial charge in [-0.2, -0.15) is 0 Å². The molecule has 0 radical (unpaired) electrons. The summed E-state index contributed by atoms with van der Waals surface area (Å²) in [6.07, 6.45) is 4.46. The fourth-order valence-corrected chi connectivity index (χ4v) is 3.09. The van der Waals surface area contributed by atoms with Crippen LogP contribution in [-0.4, -0.2) is 32.3 Å². The van der Waals surface area contributed by atoms with Gasteiger partial charge in [-0.25, -0.2) is 0 Å². The first kappa shape index (κ1) is 15.9. The monoisotopic (exact) mass is 317 g/mol. The van der Waals surface area contributed by atoms with Crippen molar-refractivity contribution in [3.63, 3.8) is 0 Å². The maximum atomic E-state index is 11.8. The molecule has 5 heteroatoms. The van der Waals surface area contributed by atoms with Gasteiger partial charge in [0, 0.05) is 30.5 Å². The molecule has 1 amide bonds. The van der Waals surface area contributed by atoms with Gasteiger partial charge in [-0.05, 0) is 44.4 Å². The lowest BCUT2D eigenvalue weighted by Gasteiger charge is -2.13. The first-order valence-electron chi connectivity index (χ1n) is 8.13. The SMILES string of the molecule is COC[C@H](C)NC(=O)COc1ccc2oc3c(c2c1)CCCC3. The maximum absolute atomic E-state index is 11.8. The number of rotatable bonds is 6. The molecule has 0 aliphatic heterocycles. The normalized spacial score (nSPS) is 15.2. The molecule has 0 spiro atoms. The summed E-state index contributed by atoms with van der Waals surface area (Å²) >= 11 is 0. The van der Waals surface area contributed by atoms with E-state index in [4.69, 9.17) is 13.9 Å². The molecule has 1 heterocycles. The number of furan rings is 1. The van der Waals surface area contributed by atoms with Gasteiger partial charge in [-0.15, -0.1) is 0 Å². The van der Waals surface area contributed by atoms with E-state index >= 15 is 0 Å². The molecule has 124 valence electrons. The van der Waals surface area contributed by atoms with Crippen molar-refractivity contribution >= 4 is 16.9 Å². The van der Waals surface area contributed by atoms with Crippen LogP contribution in [0.25, 0.3) is 11.0 Å². The highest BCUT2D eigenvalue weighted by atomic mass is 16.5. The van der Waals surface area contributed by atoms with E-state index in [0.29, 0.717) is 12.4 Å².